The van der Waals surface area contributed by atoms with Crippen LogP contribution in [0.1, 0.15) is 25.3 Å². The van der Waals surface area contributed by atoms with Crippen LogP contribution in [0.15, 0.2) is 0 Å². The summed E-state index contributed by atoms with van der Waals surface area (Å²) in [4.78, 5) is 8.00. The second-order valence-corrected chi connectivity index (χ2v) is 4.95. The summed E-state index contributed by atoms with van der Waals surface area (Å²) >= 11 is 5.95. The third kappa shape index (κ3) is 1.79. The number of nitrogens with two attached hydrogens (primary N) is 1. The number of hydrogen-bond acceptors (Lipinski definition) is 6. The number of aromatic nitrogens is 5. The minimum atomic E-state index is 0.118. The molecule has 18 heavy (non-hydrogen) atoms. The molecule has 1 saturated carbocycles. The van der Waals surface area contributed by atoms with Crippen molar-refractivity contribution in [2.24, 2.45) is 5.92 Å². The molecule has 1 aliphatic carbocycles. The summed E-state index contributed by atoms with van der Waals surface area (Å²) in [5.41, 5.74) is 6.63. The molecule has 8 heteroatoms. The van der Waals surface area contributed by atoms with Crippen molar-refractivity contribution in [3.63, 3.8) is 0 Å². The summed E-state index contributed by atoms with van der Waals surface area (Å²) < 4.78 is 1.74. The number of fused-ring (bicyclic) bond motifs is 1. The Hall–Kier alpha value is -1.47. The van der Waals surface area contributed by atoms with Crippen LogP contribution in [-0.4, -0.2) is 36.7 Å². The molecule has 1 aliphatic rings. The molecule has 0 bridgehead atoms. The fourth-order valence-electron chi connectivity index (χ4n) is 2.50. The van der Waals surface area contributed by atoms with Crippen LogP contribution in [0.4, 0.5) is 5.95 Å². The van der Waals surface area contributed by atoms with Crippen molar-refractivity contribution in [3.8, 4) is 0 Å². The van der Waals surface area contributed by atoms with Gasteiger partial charge in [0.15, 0.2) is 16.3 Å². The van der Waals surface area contributed by atoms with E-state index in [1.54, 1.807) is 4.68 Å². The second-order valence-electron chi connectivity index (χ2n) is 4.59. The van der Waals surface area contributed by atoms with Gasteiger partial charge in [-0.2, -0.15) is 9.97 Å². The van der Waals surface area contributed by atoms with Gasteiger partial charge in [-0.1, -0.05) is 16.8 Å². The Kier molecular flexibility index (Phi) is 2.79. The van der Waals surface area contributed by atoms with Gasteiger partial charge in [0.1, 0.15) is 0 Å². The first-order chi connectivity index (χ1) is 8.69. The van der Waals surface area contributed by atoms with Gasteiger partial charge in [-0.25, -0.2) is 4.68 Å². The summed E-state index contributed by atoms with van der Waals surface area (Å²) in [7, 11) is 0. The first-order valence-corrected chi connectivity index (χ1v) is 6.21. The number of nitrogen functional groups attached to an aromatic ring is 1. The van der Waals surface area contributed by atoms with Gasteiger partial charge >= 0.3 is 0 Å². The third-order valence-corrected chi connectivity index (χ3v) is 3.68. The summed E-state index contributed by atoms with van der Waals surface area (Å²) in [6, 6.07) is 0.192. The summed E-state index contributed by atoms with van der Waals surface area (Å²) in [6.07, 6.45) is 2.80. The summed E-state index contributed by atoms with van der Waals surface area (Å²) in [5, 5.41) is 17.5. The van der Waals surface area contributed by atoms with Gasteiger partial charge in [-0.15, -0.1) is 5.10 Å². The van der Waals surface area contributed by atoms with Crippen molar-refractivity contribution in [2.45, 2.75) is 25.3 Å². The highest BCUT2D eigenvalue weighted by molar-refractivity contribution is 6.33. The number of anilines is 1. The normalized spacial score (nSPS) is 23.9. The highest BCUT2D eigenvalue weighted by Crippen LogP contribution is 2.35. The molecule has 0 aliphatic heterocycles. The number of aliphatic hydroxyl groups excluding tert-OH is 1. The standard InChI is InChI=1S/C10H13ClN6O/c11-8-7-9(14-10(12)13-8)17(16-15-7)6-2-1-5(3-6)4-18/h5-6,18H,1-4H2,(H2,12,13,14)/t5-,6+/m1/s1. The number of halogens is 1. The Morgan fingerprint density at radius 1 is 1.39 bits per heavy atom. The fourth-order valence-corrected chi connectivity index (χ4v) is 2.70. The predicted octanol–water partition coefficient (Wildman–Crippen LogP) is 0.790. The molecule has 0 aromatic carbocycles. The first-order valence-electron chi connectivity index (χ1n) is 5.83. The zero-order valence-electron chi connectivity index (χ0n) is 9.62. The van der Waals surface area contributed by atoms with E-state index in [4.69, 9.17) is 17.3 Å². The quantitative estimate of drug-likeness (QED) is 0.781. The van der Waals surface area contributed by atoms with E-state index >= 15 is 0 Å². The summed E-state index contributed by atoms with van der Waals surface area (Å²) in [5.74, 6) is 0.441. The maximum absolute atomic E-state index is 9.17. The van der Waals surface area contributed by atoms with Crippen molar-refractivity contribution in [1.82, 2.24) is 25.0 Å². The maximum Gasteiger partial charge on any atom is 0.223 e. The van der Waals surface area contributed by atoms with Crippen LogP contribution in [0.3, 0.4) is 0 Å². The topological polar surface area (TPSA) is 103 Å². The Morgan fingerprint density at radius 3 is 2.94 bits per heavy atom. The summed E-state index contributed by atoms with van der Waals surface area (Å²) in [6.45, 7) is 0.209. The number of rotatable bonds is 2. The number of nitrogens with zero attached hydrogens (tertiary/aromatic N) is 5. The van der Waals surface area contributed by atoms with Gasteiger partial charge in [0, 0.05) is 6.61 Å². The average Bonchev–Trinajstić information content (AvgIpc) is 2.93. The van der Waals surface area contributed by atoms with Crippen molar-refractivity contribution in [1.29, 1.82) is 0 Å². The lowest BCUT2D eigenvalue weighted by Crippen LogP contribution is -2.10. The van der Waals surface area contributed by atoms with Gasteiger partial charge < -0.3 is 10.8 Å². The van der Waals surface area contributed by atoms with Crippen LogP contribution in [0.25, 0.3) is 11.2 Å². The molecule has 0 saturated heterocycles. The van der Waals surface area contributed by atoms with Gasteiger partial charge in [0.2, 0.25) is 5.95 Å². The highest BCUT2D eigenvalue weighted by atomic mass is 35.5. The van der Waals surface area contributed by atoms with E-state index < -0.39 is 0 Å². The smallest absolute Gasteiger partial charge is 0.223 e. The van der Waals surface area contributed by atoms with Crippen LogP contribution in [-0.2, 0) is 0 Å². The molecule has 0 unspecified atom stereocenters. The molecule has 96 valence electrons. The Labute approximate surface area is 108 Å². The average molecular weight is 269 g/mol. The van der Waals surface area contributed by atoms with Gasteiger partial charge in [-0.05, 0) is 25.2 Å². The van der Waals surface area contributed by atoms with Crippen molar-refractivity contribution in [2.75, 3.05) is 12.3 Å². The van der Waals surface area contributed by atoms with E-state index in [-0.39, 0.29) is 23.8 Å². The molecule has 0 spiro atoms. The monoisotopic (exact) mass is 268 g/mol. The zero-order chi connectivity index (χ0) is 12.7. The molecule has 3 rings (SSSR count). The highest BCUT2D eigenvalue weighted by Gasteiger charge is 2.28. The van der Waals surface area contributed by atoms with Gasteiger partial charge in [0.05, 0.1) is 6.04 Å². The molecule has 2 atom stereocenters. The first kappa shape index (κ1) is 11.6. The van der Waals surface area contributed by atoms with E-state index in [1.807, 2.05) is 0 Å². The lowest BCUT2D eigenvalue weighted by Gasteiger charge is -2.10. The molecule has 7 nitrogen and oxygen atoms in total. The lowest BCUT2D eigenvalue weighted by atomic mass is 10.1. The minimum Gasteiger partial charge on any atom is -0.396 e. The van der Waals surface area contributed by atoms with Crippen molar-refractivity contribution < 1.29 is 5.11 Å². The van der Waals surface area contributed by atoms with E-state index in [0.717, 1.165) is 19.3 Å². The molecular weight excluding hydrogens is 256 g/mol. The molecule has 2 aromatic heterocycles. The predicted molar refractivity (Wildman–Crippen MR) is 66.0 cm³/mol. The molecular formula is C10H13ClN6O. The Bertz CT molecular complexity index is 585. The van der Waals surface area contributed by atoms with Crippen molar-refractivity contribution in [3.05, 3.63) is 5.15 Å². The molecule has 1 fully saturated rings. The second kappa shape index (κ2) is 4.33. The van der Waals surface area contributed by atoms with E-state index in [0.29, 0.717) is 17.1 Å². The molecule has 0 radical (unpaired) electrons. The lowest BCUT2D eigenvalue weighted by molar-refractivity contribution is 0.225. The van der Waals surface area contributed by atoms with Crippen molar-refractivity contribution >= 4 is 28.7 Å². The molecule has 3 N–H and O–H groups in total. The maximum atomic E-state index is 9.17. The minimum absolute atomic E-state index is 0.118. The number of hydrogen-bond donors (Lipinski definition) is 2. The molecule has 2 aromatic rings. The van der Waals surface area contributed by atoms with Crippen LogP contribution in [0.2, 0.25) is 5.15 Å². The third-order valence-electron chi connectivity index (χ3n) is 3.42. The zero-order valence-corrected chi connectivity index (χ0v) is 10.4. The van der Waals surface area contributed by atoms with E-state index in [9.17, 15) is 5.11 Å². The van der Waals surface area contributed by atoms with Crippen LogP contribution >= 0.6 is 11.6 Å². The Balaban J connectivity index is 2.03. The van der Waals surface area contributed by atoms with Gasteiger partial charge in [0.25, 0.3) is 0 Å². The van der Waals surface area contributed by atoms with Crippen LogP contribution in [0.5, 0.6) is 0 Å². The van der Waals surface area contributed by atoms with Crippen LogP contribution in [0, 0.1) is 5.92 Å². The largest absolute Gasteiger partial charge is 0.396 e. The number of aliphatic hydroxyl groups is 1. The van der Waals surface area contributed by atoms with E-state index in [2.05, 4.69) is 20.3 Å². The molecule has 2 heterocycles. The van der Waals surface area contributed by atoms with E-state index in [1.165, 1.54) is 0 Å². The SMILES string of the molecule is Nc1nc(Cl)c2nnn([C@H]3CC[C@@H](CO)C3)c2n1. The Morgan fingerprint density at radius 2 is 2.22 bits per heavy atom. The fraction of sp³-hybridized carbons (Fsp3) is 0.600. The van der Waals surface area contributed by atoms with Crippen LogP contribution < -0.4 is 5.73 Å². The van der Waals surface area contributed by atoms with Gasteiger partial charge in [-0.3, -0.25) is 0 Å². The molecule has 0 amide bonds.